The third-order valence-electron chi connectivity index (χ3n) is 1.58. The molecule has 66 valence electrons. The van der Waals surface area contributed by atoms with Gasteiger partial charge in [0, 0.05) is 24.2 Å². The largest absolute Gasteiger partial charge is 0.299 e. The highest BCUT2D eigenvalue weighted by Crippen LogP contribution is 2.46. The van der Waals surface area contributed by atoms with E-state index < -0.39 is 27.6 Å². The summed E-state index contributed by atoms with van der Waals surface area (Å²) in [6, 6.07) is -1.25. The Kier molecular flexibility index (Phi) is 1.89. The van der Waals surface area contributed by atoms with Crippen molar-refractivity contribution in [2.24, 2.45) is 0 Å². The minimum absolute atomic E-state index is 0.435. The van der Waals surface area contributed by atoms with Crippen molar-refractivity contribution >= 4 is 19.9 Å². The van der Waals surface area contributed by atoms with Crippen LogP contribution in [0.15, 0.2) is 0 Å². The lowest BCUT2D eigenvalue weighted by Gasteiger charge is -2.09. The minimum atomic E-state index is -3.99. The molecule has 1 fully saturated rings. The van der Waals surface area contributed by atoms with Crippen LogP contribution in [0.1, 0.15) is 6.42 Å². The molecule has 0 N–H and O–H groups in total. The highest BCUT2D eigenvalue weighted by Gasteiger charge is 2.61. The van der Waals surface area contributed by atoms with E-state index in [1.54, 1.807) is 0 Å². The third kappa shape index (κ3) is 1.80. The molecule has 7 heteroatoms. The lowest BCUT2D eigenvalue weighted by Crippen LogP contribution is -2.28. The average molecular weight is 206 g/mol. The SMILES string of the molecule is CN(C1CC1(F)F)S(=O)(=O)Cl. The maximum Gasteiger partial charge on any atom is 0.299 e. The zero-order valence-corrected chi connectivity index (χ0v) is 7.16. The van der Waals surface area contributed by atoms with Crippen LogP contribution in [-0.4, -0.2) is 31.7 Å². The van der Waals surface area contributed by atoms with Gasteiger partial charge in [0.05, 0.1) is 6.04 Å². The number of hydrogen-bond donors (Lipinski definition) is 0. The maximum absolute atomic E-state index is 12.2. The molecule has 0 spiro atoms. The molecule has 0 aromatic carbocycles. The zero-order chi connectivity index (χ0) is 8.86. The molecule has 1 atom stereocenters. The first-order valence-electron chi connectivity index (χ1n) is 2.80. The van der Waals surface area contributed by atoms with E-state index >= 15 is 0 Å². The van der Waals surface area contributed by atoms with E-state index in [0.717, 1.165) is 7.05 Å². The number of nitrogens with zero attached hydrogens (tertiary/aromatic N) is 1. The van der Waals surface area contributed by atoms with Gasteiger partial charge in [-0.25, -0.2) is 8.78 Å². The smallest absolute Gasteiger partial charge is 0.205 e. The van der Waals surface area contributed by atoms with Crippen LogP contribution in [0.4, 0.5) is 8.78 Å². The van der Waals surface area contributed by atoms with E-state index in [1.165, 1.54) is 0 Å². The van der Waals surface area contributed by atoms with Crippen LogP contribution < -0.4 is 0 Å². The van der Waals surface area contributed by atoms with Crippen LogP contribution in [0.25, 0.3) is 0 Å². The van der Waals surface area contributed by atoms with E-state index in [1.807, 2.05) is 0 Å². The van der Waals surface area contributed by atoms with Gasteiger partial charge in [0.1, 0.15) is 0 Å². The molecule has 11 heavy (non-hydrogen) atoms. The number of rotatable bonds is 2. The van der Waals surface area contributed by atoms with Crippen molar-refractivity contribution in [3.63, 3.8) is 0 Å². The topological polar surface area (TPSA) is 37.4 Å². The van der Waals surface area contributed by atoms with Gasteiger partial charge in [-0.1, -0.05) is 0 Å². The molecule has 1 saturated carbocycles. The van der Waals surface area contributed by atoms with Crippen LogP contribution in [0, 0.1) is 0 Å². The lowest BCUT2D eigenvalue weighted by atomic mass is 10.7. The Morgan fingerprint density at radius 1 is 1.64 bits per heavy atom. The second-order valence-corrected chi connectivity index (χ2v) is 5.01. The molecule has 0 heterocycles. The van der Waals surface area contributed by atoms with Gasteiger partial charge < -0.3 is 0 Å². The molecular weight excluding hydrogens is 200 g/mol. The normalized spacial score (nSPS) is 29.0. The van der Waals surface area contributed by atoms with Crippen LogP contribution in [0.2, 0.25) is 0 Å². The fraction of sp³-hybridized carbons (Fsp3) is 1.00. The Hall–Kier alpha value is 0.0600. The molecule has 1 rings (SSSR count). The predicted molar refractivity (Wildman–Crippen MR) is 35.9 cm³/mol. The number of hydrogen-bond acceptors (Lipinski definition) is 2. The van der Waals surface area contributed by atoms with Gasteiger partial charge in [-0.3, -0.25) is 0 Å². The van der Waals surface area contributed by atoms with Gasteiger partial charge in [-0.05, 0) is 0 Å². The monoisotopic (exact) mass is 205 g/mol. The second-order valence-electron chi connectivity index (χ2n) is 2.44. The summed E-state index contributed by atoms with van der Waals surface area (Å²) < 4.78 is 45.8. The molecule has 0 bridgehead atoms. The van der Waals surface area contributed by atoms with E-state index in [9.17, 15) is 17.2 Å². The van der Waals surface area contributed by atoms with Gasteiger partial charge in [-0.15, -0.1) is 0 Å². The highest BCUT2D eigenvalue weighted by molar-refractivity contribution is 8.11. The summed E-state index contributed by atoms with van der Waals surface area (Å²) >= 11 is 0. The predicted octanol–water partition coefficient (Wildman–Crippen LogP) is 0.809. The highest BCUT2D eigenvalue weighted by atomic mass is 35.7. The zero-order valence-electron chi connectivity index (χ0n) is 5.59. The van der Waals surface area contributed by atoms with Crippen molar-refractivity contribution in [3.8, 4) is 0 Å². The van der Waals surface area contributed by atoms with Crippen molar-refractivity contribution in [1.82, 2.24) is 4.31 Å². The molecule has 0 aliphatic heterocycles. The van der Waals surface area contributed by atoms with Crippen LogP contribution in [-0.2, 0) is 9.24 Å². The Bertz CT molecular complexity index is 265. The van der Waals surface area contributed by atoms with Gasteiger partial charge in [0.25, 0.3) is 15.2 Å². The first-order valence-corrected chi connectivity index (χ1v) is 5.07. The van der Waals surface area contributed by atoms with Gasteiger partial charge in [0.2, 0.25) is 0 Å². The molecule has 0 aromatic rings. The first-order chi connectivity index (χ1) is 4.75. The summed E-state index contributed by atoms with van der Waals surface area (Å²) in [6.07, 6.45) is -0.435. The lowest BCUT2D eigenvalue weighted by molar-refractivity contribution is 0.0958. The Morgan fingerprint density at radius 2 is 2.00 bits per heavy atom. The fourth-order valence-corrected chi connectivity index (χ4v) is 1.57. The molecule has 0 amide bonds. The van der Waals surface area contributed by atoms with Crippen LogP contribution in [0.3, 0.4) is 0 Å². The summed E-state index contributed by atoms with van der Waals surface area (Å²) in [7, 11) is 1.86. The minimum Gasteiger partial charge on any atom is -0.205 e. The van der Waals surface area contributed by atoms with E-state index in [2.05, 4.69) is 0 Å². The van der Waals surface area contributed by atoms with Crippen molar-refractivity contribution in [2.75, 3.05) is 7.05 Å². The molecule has 0 radical (unpaired) electrons. The third-order valence-corrected chi connectivity index (χ3v) is 3.17. The summed E-state index contributed by atoms with van der Waals surface area (Å²) in [5.41, 5.74) is 0. The van der Waals surface area contributed by atoms with Crippen molar-refractivity contribution in [2.45, 2.75) is 18.4 Å². The Balaban J connectivity index is 2.67. The van der Waals surface area contributed by atoms with E-state index in [0.29, 0.717) is 4.31 Å². The number of alkyl halides is 2. The molecule has 0 aromatic heterocycles. The van der Waals surface area contributed by atoms with E-state index in [4.69, 9.17) is 10.7 Å². The average Bonchev–Trinajstić information content (AvgIpc) is 2.36. The quantitative estimate of drug-likeness (QED) is 0.626. The van der Waals surface area contributed by atoms with Crippen molar-refractivity contribution < 1.29 is 17.2 Å². The first kappa shape index (κ1) is 9.15. The molecule has 3 nitrogen and oxygen atoms in total. The maximum atomic E-state index is 12.2. The van der Waals surface area contributed by atoms with E-state index in [-0.39, 0.29) is 0 Å². The molecule has 0 saturated heterocycles. The summed E-state index contributed by atoms with van der Waals surface area (Å²) in [4.78, 5) is 0. The number of halogens is 3. The summed E-state index contributed by atoms with van der Waals surface area (Å²) in [5, 5.41) is 0. The van der Waals surface area contributed by atoms with Gasteiger partial charge in [0.15, 0.2) is 0 Å². The second kappa shape index (κ2) is 2.27. The standard InChI is InChI=1S/C4H6ClF2NO2S/c1-8(11(5,9)10)3-2-4(3,6)7/h3H,2H2,1H3. The molecule has 1 unspecified atom stereocenters. The van der Waals surface area contributed by atoms with Crippen LogP contribution in [0.5, 0.6) is 0 Å². The molecule has 1 aliphatic carbocycles. The van der Waals surface area contributed by atoms with Crippen LogP contribution >= 0.6 is 10.7 Å². The Morgan fingerprint density at radius 3 is 2.09 bits per heavy atom. The summed E-state index contributed by atoms with van der Waals surface area (Å²) in [5.74, 6) is -2.89. The molecule has 1 aliphatic rings. The Labute approximate surface area is 67.5 Å². The summed E-state index contributed by atoms with van der Waals surface area (Å²) in [6.45, 7) is 0. The van der Waals surface area contributed by atoms with Gasteiger partial charge >= 0.3 is 0 Å². The van der Waals surface area contributed by atoms with Gasteiger partial charge in [-0.2, -0.15) is 12.7 Å². The van der Waals surface area contributed by atoms with Crippen molar-refractivity contribution in [1.29, 1.82) is 0 Å². The van der Waals surface area contributed by atoms with Crippen molar-refractivity contribution in [3.05, 3.63) is 0 Å². The molecular formula is C4H6ClF2NO2S. The fourth-order valence-electron chi connectivity index (χ4n) is 0.745.